The Morgan fingerprint density at radius 2 is 1.67 bits per heavy atom. The van der Waals surface area contributed by atoms with E-state index in [-0.39, 0.29) is 6.61 Å². The number of ether oxygens (including phenoxy) is 3. The van der Waals surface area contributed by atoms with Gasteiger partial charge in [0, 0.05) is 5.56 Å². The van der Waals surface area contributed by atoms with E-state index in [0.29, 0.717) is 17.2 Å². The van der Waals surface area contributed by atoms with Gasteiger partial charge in [-0.05, 0) is 12.1 Å². The van der Waals surface area contributed by atoms with Gasteiger partial charge in [0.1, 0.15) is 0 Å². The Labute approximate surface area is 88.6 Å². The van der Waals surface area contributed by atoms with Crippen molar-refractivity contribution in [2.45, 2.75) is 6.61 Å². The van der Waals surface area contributed by atoms with Gasteiger partial charge in [0.2, 0.25) is 5.75 Å². The Kier molecular flexibility index (Phi) is 4.20. The average Bonchev–Trinajstić information content (AvgIpc) is 2.28. The van der Waals surface area contributed by atoms with Crippen molar-refractivity contribution in [1.82, 2.24) is 0 Å². The second-order valence-corrected chi connectivity index (χ2v) is 2.80. The van der Waals surface area contributed by atoms with Crippen molar-refractivity contribution in [3.8, 4) is 17.2 Å². The number of rotatable bonds is 5. The first-order chi connectivity index (χ1) is 7.28. The van der Waals surface area contributed by atoms with E-state index in [0.717, 1.165) is 5.56 Å². The molecule has 2 N–H and O–H groups in total. The molecule has 0 unspecified atom stereocenters. The van der Waals surface area contributed by atoms with Gasteiger partial charge in [-0.1, -0.05) is 0 Å². The van der Waals surface area contributed by atoms with E-state index in [9.17, 15) is 0 Å². The van der Waals surface area contributed by atoms with Crippen molar-refractivity contribution in [1.29, 1.82) is 0 Å². The van der Waals surface area contributed by atoms with Gasteiger partial charge in [-0.3, -0.25) is 4.84 Å². The molecule has 0 aliphatic carbocycles. The highest BCUT2D eigenvalue weighted by atomic mass is 16.6. The third-order valence-corrected chi connectivity index (χ3v) is 2.02. The van der Waals surface area contributed by atoms with Gasteiger partial charge in [0.15, 0.2) is 11.5 Å². The third kappa shape index (κ3) is 2.31. The van der Waals surface area contributed by atoms with Crippen molar-refractivity contribution >= 4 is 0 Å². The molecule has 0 spiro atoms. The fraction of sp³-hybridized carbons (Fsp3) is 0.400. The van der Waals surface area contributed by atoms with Gasteiger partial charge in [0.05, 0.1) is 27.9 Å². The third-order valence-electron chi connectivity index (χ3n) is 2.02. The molecule has 0 amide bonds. The van der Waals surface area contributed by atoms with Crippen LogP contribution in [0, 0.1) is 0 Å². The van der Waals surface area contributed by atoms with E-state index in [1.807, 2.05) is 6.07 Å². The van der Waals surface area contributed by atoms with Crippen LogP contribution in [0.15, 0.2) is 12.1 Å². The van der Waals surface area contributed by atoms with Crippen LogP contribution in [-0.4, -0.2) is 21.3 Å². The minimum atomic E-state index is 0.253. The van der Waals surface area contributed by atoms with Crippen LogP contribution in [0.4, 0.5) is 0 Å². The summed E-state index contributed by atoms with van der Waals surface area (Å²) in [4.78, 5) is 4.57. The molecule has 5 heteroatoms. The van der Waals surface area contributed by atoms with Crippen LogP contribution < -0.4 is 20.1 Å². The lowest BCUT2D eigenvalue weighted by atomic mass is 10.2. The fourth-order valence-electron chi connectivity index (χ4n) is 1.37. The Balaban J connectivity index is 3.21. The second kappa shape index (κ2) is 5.43. The van der Waals surface area contributed by atoms with Crippen molar-refractivity contribution in [2.75, 3.05) is 21.3 Å². The average molecular weight is 213 g/mol. The van der Waals surface area contributed by atoms with E-state index in [4.69, 9.17) is 20.1 Å². The minimum Gasteiger partial charge on any atom is -0.493 e. The van der Waals surface area contributed by atoms with Gasteiger partial charge in [0.25, 0.3) is 0 Å². The molecule has 84 valence electrons. The smallest absolute Gasteiger partial charge is 0.203 e. The van der Waals surface area contributed by atoms with Gasteiger partial charge in [-0.15, -0.1) is 0 Å². The molecule has 1 aromatic carbocycles. The van der Waals surface area contributed by atoms with Crippen LogP contribution >= 0.6 is 0 Å². The lowest BCUT2D eigenvalue weighted by Gasteiger charge is -2.14. The van der Waals surface area contributed by atoms with Crippen LogP contribution in [-0.2, 0) is 11.4 Å². The summed E-state index contributed by atoms with van der Waals surface area (Å²) in [6.07, 6.45) is 0. The van der Waals surface area contributed by atoms with Gasteiger partial charge < -0.3 is 14.2 Å². The molecular formula is C10H15NO4. The van der Waals surface area contributed by atoms with E-state index in [1.54, 1.807) is 27.4 Å². The standard InChI is InChI=1S/C10H15NO4/c1-12-8-5-4-7(6-15-11)9(13-2)10(8)14-3/h4-5H,6,11H2,1-3H3. The van der Waals surface area contributed by atoms with Crippen LogP contribution in [0.1, 0.15) is 5.56 Å². The molecule has 0 radical (unpaired) electrons. The zero-order valence-corrected chi connectivity index (χ0v) is 9.07. The summed E-state index contributed by atoms with van der Waals surface area (Å²) in [5, 5.41) is 0. The number of hydrogen-bond acceptors (Lipinski definition) is 5. The Hall–Kier alpha value is -1.46. The molecule has 0 saturated heterocycles. The normalized spacial score (nSPS) is 9.87. The second-order valence-electron chi connectivity index (χ2n) is 2.80. The first kappa shape index (κ1) is 11.6. The predicted octanol–water partition coefficient (Wildman–Crippen LogP) is 1.10. The molecule has 1 aromatic rings. The summed E-state index contributed by atoms with van der Waals surface area (Å²) in [7, 11) is 4.67. The molecular weight excluding hydrogens is 198 g/mol. The Morgan fingerprint density at radius 1 is 1.00 bits per heavy atom. The fourth-order valence-corrected chi connectivity index (χ4v) is 1.37. The number of nitrogens with two attached hydrogens (primary N) is 1. The zero-order chi connectivity index (χ0) is 11.3. The quantitative estimate of drug-likeness (QED) is 0.742. The molecule has 0 aliphatic heterocycles. The summed E-state index contributed by atoms with van der Waals surface area (Å²) >= 11 is 0. The zero-order valence-electron chi connectivity index (χ0n) is 9.07. The van der Waals surface area contributed by atoms with Crippen molar-refractivity contribution in [3.05, 3.63) is 17.7 Å². The first-order valence-electron chi connectivity index (χ1n) is 4.38. The maximum Gasteiger partial charge on any atom is 0.203 e. The van der Waals surface area contributed by atoms with E-state index >= 15 is 0 Å². The largest absolute Gasteiger partial charge is 0.493 e. The van der Waals surface area contributed by atoms with Crippen molar-refractivity contribution in [3.63, 3.8) is 0 Å². The summed E-state index contributed by atoms with van der Waals surface area (Å²) < 4.78 is 15.6. The maximum absolute atomic E-state index is 5.22. The topological polar surface area (TPSA) is 62.9 Å². The van der Waals surface area contributed by atoms with Crippen molar-refractivity contribution in [2.24, 2.45) is 5.90 Å². The summed E-state index contributed by atoms with van der Waals surface area (Å²) in [5.74, 6) is 6.73. The molecule has 0 bridgehead atoms. The summed E-state index contributed by atoms with van der Waals surface area (Å²) in [6.45, 7) is 0.253. The SMILES string of the molecule is COc1ccc(CON)c(OC)c1OC. The highest BCUT2D eigenvalue weighted by molar-refractivity contribution is 5.55. The van der Waals surface area contributed by atoms with Crippen LogP contribution in [0.25, 0.3) is 0 Å². The van der Waals surface area contributed by atoms with E-state index < -0.39 is 0 Å². The predicted molar refractivity (Wildman–Crippen MR) is 55.1 cm³/mol. The monoisotopic (exact) mass is 213 g/mol. The van der Waals surface area contributed by atoms with Gasteiger partial charge in [-0.2, -0.15) is 0 Å². The molecule has 5 nitrogen and oxygen atoms in total. The van der Waals surface area contributed by atoms with Crippen LogP contribution in [0.3, 0.4) is 0 Å². The van der Waals surface area contributed by atoms with Crippen LogP contribution in [0.2, 0.25) is 0 Å². The molecule has 15 heavy (non-hydrogen) atoms. The Morgan fingerprint density at radius 3 is 2.13 bits per heavy atom. The highest BCUT2D eigenvalue weighted by Crippen LogP contribution is 2.39. The number of benzene rings is 1. The molecule has 1 rings (SSSR count). The van der Waals surface area contributed by atoms with E-state index in [2.05, 4.69) is 4.84 Å². The molecule has 0 aliphatic rings. The highest BCUT2D eigenvalue weighted by Gasteiger charge is 2.15. The van der Waals surface area contributed by atoms with Gasteiger partial charge >= 0.3 is 0 Å². The summed E-state index contributed by atoms with van der Waals surface area (Å²) in [6, 6.07) is 3.59. The molecule has 0 aromatic heterocycles. The van der Waals surface area contributed by atoms with E-state index in [1.165, 1.54) is 0 Å². The number of methoxy groups -OCH3 is 3. The van der Waals surface area contributed by atoms with Crippen molar-refractivity contribution < 1.29 is 19.0 Å². The maximum atomic E-state index is 5.22. The Bertz CT molecular complexity index is 327. The molecule has 0 heterocycles. The number of hydrogen-bond donors (Lipinski definition) is 1. The molecule has 0 atom stereocenters. The summed E-state index contributed by atoms with van der Waals surface area (Å²) in [5.41, 5.74) is 0.803. The lowest BCUT2D eigenvalue weighted by Crippen LogP contribution is -2.03. The van der Waals surface area contributed by atoms with Crippen LogP contribution in [0.5, 0.6) is 17.2 Å². The minimum absolute atomic E-state index is 0.253. The first-order valence-corrected chi connectivity index (χ1v) is 4.38. The van der Waals surface area contributed by atoms with Gasteiger partial charge in [-0.25, -0.2) is 5.90 Å². The lowest BCUT2D eigenvalue weighted by molar-refractivity contribution is 0.121. The molecule has 0 fully saturated rings. The molecule has 0 saturated carbocycles.